The molecule has 0 radical (unpaired) electrons. The maximum Gasteiger partial charge on any atom is 0.472 e. The van der Waals surface area contributed by atoms with E-state index >= 15 is 0 Å². The van der Waals surface area contributed by atoms with Gasteiger partial charge in [0.2, 0.25) is 0 Å². The predicted molar refractivity (Wildman–Crippen MR) is 368 cm³/mol. The summed E-state index contributed by atoms with van der Waals surface area (Å²) in [6, 6.07) is 0. The number of rotatable bonds is 71. The van der Waals surface area contributed by atoms with Gasteiger partial charge in [-0.05, 0) is 37.5 Å². The second-order valence-corrected chi connectivity index (χ2v) is 29.8. The Morgan fingerprint density at radius 3 is 0.747 bits per heavy atom. The van der Waals surface area contributed by atoms with Gasteiger partial charge in [-0.2, -0.15) is 0 Å². The predicted octanol–water partition coefficient (Wildman–Crippen LogP) is 20.8. The van der Waals surface area contributed by atoms with E-state index in [1.54, 1.807) is 0 Å². The van der Waals surface area contributed by atoms with Crippen LogP contribution in [0.4, 0.5) is 0 Å². The first-order valence-corrected chi connectivity index (χ1v) is 40.5. The van der Waals surface area contributed by atoms with Crippen LogP contribution in [0.2, 0.25) is 0 Å². The highest BCUT2D eigenvalue weighted by molar-refractivity contribution is 7.47. The van der Waals surface area contributed by atoms with Crippen molar-refractivity contribution in [3.63, 3.8) is 0 Å². The van der Waals surface area contributed by atoms with E-state index in [4.69, 9.17) is 37.0 Å². The van der Waals surface area contributed by atoms with E-state index in [-0.39, 0.29) is 25.7 Å². The number of hydrogen-bond donors (Lipinski definition) is 3. The summed E-state index contributed by atoms with van der Waals surface area (Å²) in [5.74, 6) is -0.592. The molecule has 0 aliphatic heterocycles. The fourth-order valence-electron chi connectivity index (χ4n) is 10.9. The van der Waals surface area contributed by atoms with Gasteiger partial charge in [-0.1, -0.05) is 318 Å². The third kappa shape index (κ3) is 66.5. The molecular weight excluding hydrogens is 1200 g/mol. The molecule has 0 rings (SSSR count). The van der Waals surface area contributed by atoms with Gasteiger partial charge in [0.05, 0.1) is 26.4 Å². The molecule has 17 nitrogen and oxygen atoms in total. The van der Waals surface area contributed by atoms with Crippen LogP contribution in [0.15, 0.2) is 0 Å². The van der Waals surface area contributed by atoms with E-state index in [9.17, 15) is 43.2 Å². The Bertz CT molecular complexity index is 1770. The Balaban J connectivity index is 5.24. The van der Waals surface area contributed by atoms with Gasteiger partial charge < -0.3 is 33.8 Å². The first-order valence-electron chi connectivity index (χ1n) is 37.5. The van der Waals surface area contributed by atoms with Gasteiger partial charge in [0.25, 0.3) is 0 Å². The second-order valence-electron chi connectivity index (χ2n) is 26.9. The molecule has 0 spiro atoms. The first-order chi connectivity index (χ1) is 43.9. The van der Waals surface area contributed by atoms with Crippen LogP contribution >= 0.6 is 15.6 Å². The van der Waals surface area contributed by atoms with Gasteiger partial charge in [0.15, 0.2) is 12.2 Å². The number of phosphoric ester groups is 2. The fourth-order valence-corrected chi connectivity index (χ4v) is 12.5. The molecule has 0 aromatic rings. The molecule has 0 aromatic heterocycles. The van der Waals surface area contributed by atoms with E-state index in [1.165, 1.54) is 186 Å². The first kappa shape index (κ1) is 89.1. The number of unbranched alkanes of at least 4 members (excludes halogenated alkanes) is 41. The van der Waals surface area contributed by atoms with Crippen molar-refractivity contribution in [2.75, 3.05) is 39.6 Å². The van der Waals surface area contributed by atoms with E-state index in [0.717, 1.165) is 102 Å². The standard InChI is InChI=1S/C72H140O17P2/c1-7-9-11-13-15-17-18-19-20-24-31-37-43-49-55-70(75)83-61-68(88-71(76)56-50-44-38-32-25-22-21-23-29-34-40-46-52-64(3)4)63-87-91(80,81)85-59-66(73)58-84-90(78,79)86-62-67(60-82-69(74)54-48-42-36-28-16-14-12-10-8-2)89-72(77)57-51-45-39-33-27-26-30-35-41-47-53-65(5)6/h64-68,73H,7-63H2,1-6H3,(H,78,79)(H,80,81)/t66-,67+,68+/m0/s1. The maximum atomic E-state index is 13.0. The van der Waals surface area contributed by atoms with Crippen molar-refractivity contribution in [3.8, 4) is 0 Å². The van der Waals surface area contributed by atoms with Crippen LogP contribution in [0.5, 0.6) is 0 Å². The third-order valence-electron chi connectivity index (χ3n) is 16.7. The van der Waals surface area contributed by atoms with Gasteiger partial charge in [0, 0.05) is 25.7 Å². The summed E-state index contributed by atoms with van der Waals surface area (Å²) in [6.07, 6.45) is 49.8. The Morgan fingerprint density at radius 1 is 0.297 bits per heavy atom. The molecule has 3 N–H and O–H groups in total. The number of carbonyl (C=O) groups excluding carboxylic acids is 4. The lowest BCUT2D eigenvalue weighted by atomic mass is 10.0. The van der Waals surface area contributed by atoms with Gasteiger partial charge >= 0.3 is 39.5 Å². The third-order valence-corrected chi connectivity index (χ3v) is 18.6. The summed E-state index contributed by atoms with van der Waals surface area (Å²) in [5, 5.41) is 10.6. The molecule has 0 aromatic carbocycles. The number of ether oxygens (including phenoxy) is 4. The molecule has 0 saturated carbocycles. The molecule has 0 amide bonds. The van der Waals surface area contributed by atoms with Crippen LogP contribution < -0.4 is 0 Å². The number of phosphoric acid groups is 2. The molecule has 2 unspecified atom stereocenters. The van der Waals surface area contributed by atoms with Crippen LogP contribution in [0.1, 0.15) is 369 Å². The topological polar surface area (TPSA) is 237 Å². The van der Waals surface area contributed by atoms with Crippen molar-refractivity contribution in [1.29, 1.82) is 0 Å². The highest BCUT2D eigenvalue weighted by atomic mass is 31.2. The fraction of sp³-hybridized carbons (Fsp3) is 0.944. The van der Waals surface area contributed by atoms with Gasteiger partial charge in [-0.3, -0.25) is 37.3 Å². The maximum absolute atomic E-state index is 13.0. The highest BCUT2D eigenvalue weighted by Gasteiger charge is 2.30. The van der Waals surface area contributed by atoms with Gasteiger partial charge in [-0.25, -0.2) is 9.13 Å². The molecule has 0 bridgehead atoms. The number of hydrogen-bond acceptors (Lipinski definition) is 15. The summed E-state index contributed by atoms with van der Waals surface area (Å²) < 4.78 is 68.4. The zero-order valence-corrected chi connectivity index (χ0v) is 60.9. The summed E-state index contributed by atoms with van der Waals surface area (Å²) >= 11 is 0. The average Bonchev–Trinajstić information content (AvgIpc) is 2.18. The van der Waals surface area contributed by atoms with E-state index in [0.29, 0.717) is 25.7 Å². The minimum absolute atomic E-state index is 0.106. The Hall–Kier alpha value is -1.94. The smallest absolute Gasteiger partial charge is 0.462 e. The largest absolute Gasteiger partial charge is 0.472 e. The van der Waals surface area contributed by atoms with Crippen molar-refractivity contribution in [1.82, 2.24) is 0 Å². The lowest BCUT2D eigenvalue weighted by Gasteiger charge is -2.21. The number of aliphatic hydroxyl groups excluding tert-OH is 1. The van der Waals surface area contributed by atoms with E-state index in [2.05, 4.69) is 41.5 Å². The van der Waals surface area contributed by atoms with E-state index in [1.807, 2.05) is 0 Å². The molecule has 0 saturated heterocycles. The number of aliphatic hydroxyl groups is 1. The second kappa shape index (κ2) is 64.1. The summed E-state index contributed by atoms with van der Waals surface area (Å²) in [5.41, 5.74) is 0. The molecule has 540 valence electrons. The minimum Gasteiger partial charge on any atom is -0.462 e. The zero-order chi connectivity index (χ0) is 67.2. The highest BCUT2D eigenvalue weighted by Crippen LogP contribution is 2.45. The SMILES string of the molecule is CCCCCCCCCCCCCCCCC(=O)OC[C@H](COP(=O)(O)OC[C@@H](O)COP(=O)(O)OC[C@@H](COC(=O)CCCCCCCCCCC)OC(=O)CCCCCCCCCCCCC(C)C)OC(=O)CCCCCCCCCCCCCCC(C)C. The molecule has 0 fully saturated rings. The lowest BCUT2D eigenvalue weighted by molar-refractivity contribution is -0.161. The van der Waals surface area contributed by atoms with Crippen LogP contribution in [0.25, 0.3) is 0 Å². The Morgan fingerprint density at radius 2 is 0.505 bits per heavy atom. The normalized spacial score (nSPS) is 14.1. The monoisotopic (exact) mass is 1340 g/mol. The van der Waals surface area contributed by atoms with Gasteiger partial charge in [0.1, 0.15) is 19.3 Å². The lowest BCUT2D eigenvalue weighted by Crippen LogP contribution is -2.30. The van der Waals surface area contributed by atoms with Crippen LogP contribution in [-0.4, -0.2) is 96.7 Å². The Labute approximate surface area is 556 Å². The summed E-state index contributed by atoms with van der Waals surface area (Å²) in [7, 11) is -9.90. The van der Waals surface area contributed by atoms with Gasteiger partial charge in [-0.15, -0.1) is 0 Å². The molecule has 0 heterocycles. The number of esters is 4. The minimum atomic E-state index is -4.95. The zero-order valence-electron chi connectivity index (χ0n) is 59.1. The number of carbonyl (C=O) groups is 4. The molecular formula is C72H140O17P2. The van der Waals surface area contributed by atoms with Crippen molar-refractivity contribution < 1.29 is 80.2 Å². The van der Waals surface area contributed by atoms with Crippen LogP contribution in [0.3, 0.4) is 0 Å². The molecule has 91 heavy (non-hydrogen) atoms. The average molecular weight is 1340 g/mol. The molecule has 5 atom stereocenters. The Kier molecular flexibility index (Phi) is 62.7. The summed E-state index contributed by atoms with van der Waals surface area (Å²) in [4.78, 5) is 72.6. The van der Waals surface area contributed by atoms with Crippen molar-refractivity contribution in [3.05, 3.63) is 0 Å². The summed E-state index contributed by atoms with van der Waals surface area (Å²) in [6.45, 7) is 9.55. The van der Waals surface area contributed by atoms with E-state index < -0.39 is 97.5 Å². The molecule has 19 heteroatoms. The van der Waals surface area contributed by atoms with Crippen molar-refractivity contribution in [2.24, 2.45) is 11.8 Å². The molecule has 0 aliphatic rings. The molecule has 0 aliphatic carbocycles. The quantitative estimate of drug-likeness (QED) is 0.0222. The van der Waals surface area contributed by atoms with Crippen molar-refractivity contribution in [2.45, 2.75) is 387 Å². The van der Waals surface area contributed by atoms with Crippen LogP contribution in [-0.2, 0) is 65.4 Å². The van der Waals surface area contributed by atoms with Crippen LogP contribution in [0, 0.1) is 11.8 Å². The van der Waals surface area contributed by atoms with Crippen molar-refractivity contribution >= 4 is 39.5 Å².